The highest BCUT2D eigenvalue weighted by atomic mass is 19.1. The highest BCUT2D eigenvalue weighted by Crippen LogP contribution is 2.20. The second-order valence-electron chi connectivity index (χ2n) is 4.71. The lowest BCUT2D eigenvalue weighted by Crippen LogP contribution is -2.04. The van der Waals surface area contributed by atoms with Crippen LogP contribution in [0.2, 0.25) is 0 Å². The molecule has 0 amide bonds. The van der Waals surface area contributed by atoms with E-state index in [2.05, 4.69) is 10.3 Å². The van der Waals surface area contributed by atoms with Gasteiger partial charge in [-0.25, -0.2) is 9.37 Å². The third-order valence-corrected chi connectivity index (χ3v) is 3.30. The van der Waals surface area contributed by atoms with Gasteiger partial charge in [0, 0.05) is 11.9 Å². The molecule has 0 saturated heterocycles. The summed E-state index contributed by atoms with van der Waals surface area (Å²) < 4.78 is 19.1. The lowest BCUT2D eigenvalue weighted by molar-refractivity contribution is 0.414. The number of ether oxygens (including phenoxy) is 1. The standard InChI is InChI=1S/C17H15FN2O/c1-21-14-8-6-12(7-9-14)11-19-17-15(18)10-13-4-2-3-5-16(13)20-17/h2-10H,11H2,1H3,(H,19,20). The lowest BCUT2D eigenvalue weighted by Gasteiger charge is -2.09. The highest BCUT2D eigenvalue weighted by Gasteiger charge is 2.06. The molecule has 0 aliphatic carbocycles. The van der Waals surface area contributed by atoms with E-state index in [9.17, 15) is 4.39 Å². The second kappa shape index (κ2) is 5.79. The molecule has 0 radical (unpaired) electrons. The SMILES string of the molecule is COc1ccc(CNc2nc3ccccc3cc2F)cc1. The quantitative estimate of drug-likeness (QED) is 0.785. The van der Waals surface area contributed by atoms with Crippen LogP contribution in [0.5, 0.6) is 5.75 Å². The first-order chi connectivity index (χ1) is 10.3. The molecule has 1 heterocycles. The van der Waals surface area contributed by atoms with Crippen molar-refractivity contribution in [2.75, 3.05) is 12.4 Å². The summed E-state index contributed by atoms with van der Waals surface area (Å²) in [7, 11) is 1.63. The van der Waals surface area contributed by atoms with Crippen molar-refractivity contribution in [3.63, 3.8) is 0 Å². The molecule has 3 nitrogen and oxygen atoms in total. The number of methoxy groups -OCH3 is 1. The number of aromatic nitrogens is 1. The molecule has 1 aromatic heterocycles. The average molecular weight is 282 g/mol. The fourth-order valence-corrected chi connectivity index (χ4v) is 2.14. The van der Waals surface area contributed by atoms with Crippen molar-refractivity contribution in [3.05, 3.63) is 66.0 Å². The van der Waals surface area contributed by atoms with Crippen molar-refractivity contribution in [2.45, 2.75) is 6.54 Å². The van der Waals surface area contributed by atoms with Gasteiger partial charge in [0.05, 0.1) is 12.6 Å². The van der Waals surface area contributed by atoms with Gasteiger partial charge in [0.15, 0.2) is 11.6 Å². The maximum absolute atomic E-state index is 14.0. The molecule has 4 heteroatoms. The van der Waals surface area contributed by atoms with Gasteiger partial charge in [0.2, 0.25) is 0 Å². The minimum absolute atomic E-state index is 0.268. The van der Waals surface area contributed by atoms with E-state index in [-0.39, 0.29) is 11.6 Å². The Morgan fingerprint density at radius 3 is 2.62 bits per heavy atom. The molecule has 0 saturated carbocycles. The summed E-state index contributed by atoms with van der Waals surface area (Å²) >= 11 is 0. The molecule has 0 aliphatic heterocycles. The van der Waals surface area contributed by atoms with Gasteiger partial charge in [-0.2, -0.15) is 0 Å². The van der Waals surface area contributed by atoms with Crippen LogP contribution in [0.3, 0.4) is 0 Å². The van der Waals surface area contributed by atoms with Crippen LogP contribution >= 0.6 is 0 Å². The fourth-order valence-electron chi connectivity index (χ4n) is 2.14. The van der Waals surface area contributed by atoms with Crippen molar-refractivity contribution < 1.29 is 9.13 Å². The van der Waals surface area contributed by atoms with Crippen molar-refractivity contribution in [2.24, 2.45) is 0 Å². The molecule has 21 heavy (non-hydrogen) atoms. The molecule has 0 aliphatic rings. The van der Waals surface area contributed by atoms with Gasteiger partial charge >= 0.3 is 0 Å². The third kappa shape index (κ3) is 2.94. The first kappa shape index (κ1) is 13.4. The van der Waals surface area contributed by atoms with Crippen LogP contribution in [-0.2, 0) is 6.54 Å². The minimum atomic E-state index is -0.345. The number of hydrogen-bond acceptors (Lipinski definition) is 3. The number of benzene rings is 2. The lowest BCUT2D eigenvalue weighted by atomic mass is 10.2. The van der Waals surface area contributed by atoms with Gasteiger partial charge < -0.3 is 10.1 Å². The summed E-state index contributed by atoms with van der Waals surface area (Å²) in [4.78, 5) is 4.31. The zero-order chi connectivity index (χ0) is 14.7. The second-order valence-corrected chi connectivity index (χ2v) is 4.71. The molecule has 2 aromatic carbocycles. The number of hydrogen-bond donors (Lipinski definition) is 1. The summed E-state index contributed by atoms with van der Waals surface area (Å²) in [5, 5.41) is 3.83. The average Bonchev–Trinajstić information content (AvgIpc) is 2.53. The molecule has 0 fully saturated rings. The Labute approximate surface area is 122 Å². The molecule has 3 rings (SSSR count). The zero-order valence-corrected chi connectivity index (χ0v) is 11.6. The Morgan fingerprint density at radius 2 is 1.86 bits per heavy atom. The van der Waals surface area contributed by atoms with Gasteiger partial charge in [-0.05, 0) is 29.8 Å². The van der Waals surface area contributed by atoms with E-state index in [0.29, 0.717) is 6.54 Å². The van der Waals surface area contributed by atoms with E-state index in [1.54, 1.807) is 7.11 Å². The summed E-state index contributed by atoms with van der Waals surface area (Å²) in [6, 6.07) is 16.6. The molecule has 106 valence electrons. The molecule has 3 aromatic rings. The van der Waals surface area contributed by atoms with Crippen LogP contribution in [0.25, 0.3) is 10.9 Å². The molecule has 1 N–H and O–H groups in total. The van der Waals surface area contributed by atoms with E-state index >= 15 is 0 Å². The maximum atomic E-state index is 14.0. The number of nitrogens with one attached hydrogen (secondary N) is 1. The molecular formula is C17H15FN2O. The van der Waals surface area contributed by atoms with Gasteiger partial charge in [0.25, 0.3) is 0 Å². The van der Waals surface area contributed by atoms with E-state index in [1.165, 1.54) is 6.07 Å². The van der Waals surface area contributed by atoms with Gasteiger partial charge in [-0.3, -0.25) is 0 Å². The maximum Gasteiger partial charge on any atom is 0.166 e. The Kier molecular flexibility index (Phi) is 3.69. The van der Waals surface area contributed by atoms with Crippen molar-refractivity contribution >= 4 is 16.7 Å². The number of anilines is 1. The van der Waals surface area contributed by atoms with Crippen molar-refractivity contribution in [1.82, 2.24) is 4.98 Å². The number of rotatable bonds is 4. The largest absolute Gasteiger partial charge is 0.497 e. The first-order valence-corrected chi connectivity index (χ1v) is 6.68. The Hall–Kier alpha value is -2.62. The number of halogens is 1. The van der Waals surface area contributed by atoms with Gasteiger partial charge in [-0.15, -0.1) is 0 Å². The Bertz CT molecular complexity index is 756. The molecule has 0 unspecified atom stereocenters. The number of fused-ring (bicyclic) bond motifs is 1. The molecule has 0 spiro atoms. The third-order valence-electron chi connectivity index (χ3n) is 3.30. The van der Waals surface area contributed by atoms with E-state index < -0.39 is 0 Å². The first-order valence-electron chi connectivity index (χ1n) is 6.68. The summed E-state index contributed by atoms with van der Waals surface area (Å²) in [6.45, 7) is 0.506. The van der Waals surface area contributed by atoms with Gasteiger partial charge in [0.1, 0.15) is 5.75 Å². The fraction of sp³-hybridized carbons (Fsp3) is 0.118. The molecule has 0 bridgehead atoms. The summed E-state index contributed by atoms with van der Waals surface area (Å²) in [6.07, 6.45) is 0. The Morgan fingerprint density at radius 1 is 1.10 bits per heavy atom. The smallest absolute Gasteiger partial charge is 0.166 e. The summed E-state index contributed by atoms with van der Waals surface area (Å²) in [5.74, 6) is 0.723. The summed E-state index contributed by atoms with van der Waals surface area (Å²) in [5.41, 5.74) is 1.81. The predicted octanol–water partition coefficient (Wildman–Crippen LogP) is 3.99. The predicted molar refractivity (Wildman–Crippen MR) is 82.0 cm³/mol. The van der Waals surface area contributed by atoms with Crippen molar-refractivity contribution in [1.29, 1.82) is 0 Å². The zero-order valence-electron chi connectivity index (χ0n) is 11.6. The number of nitrogens with zero attached hydrogens (tertiary/aromatic N) is 1. The Balaban J connectivity index is 1.79. The van der Waals surface area contributed by atoms with Crippen LogP contribution in [-0.4, -0.2) is 12.1 Å². The number of pyridine rings is 1. The van der Waals surface area contributed by atoms with Crippen molar-refractivity contribution in [3.8, 4) is 5.75 Å². The number of para-hydroxylation sites is 1. The van der Waals surface area contributed by atoms with Gasteiger partial charge in [-0.1, -0.05) is 30.3 Å². The van der Waals surface area contributed by atoms with E-state index in [1.807, 2.05) is 48.5 Å². The van der Waals surface area contributed by atoms with Crippen LogP contribution in [0.4, 0.5) is 10.2 Å². The van der Waals surface area contributed by atoms with Crippen LogP contribution in [0.15, 0.2) is 54.6 Å². The highest BCUT2D eigenvalue weighted by molar-refractivity contribution is 5.80. The van der Waals surface area contributed by atoms with E-state index in [0.717, 1.165) is 22.2 Å². The minimum Gasteiger partial charge on any atom is -0.497 e. The van der Waals surface area contributed by atoms with Crippen LogP contribution in [0.1, 0.15) is 5.56 Å². The molecular weight excluding hydrogens is 267 g/mol. The normalized spacial score (nSPS) is 10.6. The van der Waals surface area contributed by atoms with Crippen LogP contribution in [0, 0.1) is 5.82 Å². The van der Waals surface area contributed by atoms with E-state index in [4.69, 9.17) is 4.74 Å². The van der Waals surface area contributed by atoms with Crippen LogP contribution < -0.4 is 10.1 Å². The molecule has 0 atom stereocenters. The topological polar surface area (TPSA) is 34.1 Å². The monoisotopic (exact) mass is 282 g/mol.